The number of hydrogen-bond acceptors (Lipinski definition) is 4. The van der Waals surface area contributed by atoms with Crippen molar-refractivity contribution in [1.82, 2.24) is 0 Å². The zero-order chi connectivity index (χ0) is 10.7. The Labute approximate surface area is 84.7 Å². The molecule has 1 unspecified atom stereocenters. The fourth-order valence-electron chi connectivity index (χ4n) is 0.865. The van der Waals surface area contributed by atoms with Gasteiger partial charge in [0.2, 0.25) is 0 Å². The summed E-state index contributed by atoms with van der Waals surface area (Å²) in [5.41, 5.74) is -0.622. The first-order valence-electron chi connectivity index (χ1n) is 3.35. The lowest BCUT2D eigenvalue weighted by atomic mass is 10.3. The molecule has 8 heteroatoms. The maximum Gasteiger partial charge on any atom is 0.284 e. The van der Waals surface area contributed by atoms with Gasteiger partial charge in [0.05, 0.1) is 21.2 Å². The fourth-order valence-corrected chi connectivity index (χ4v) is 1.75. The third-order valence-corrected chi connectivity index (χ3v) is 2.73. The molecule has 0 heterocycles. The maximum absolute atomic E-state index is 10.5. The van der Waals surface area contributed by atoms with Crippen molar-refractivity contribution < 1.29 is 9.85 Å². The number of halogens is 1. The Bertz CT molecular complexity index is 397. The average molecular weight is 235 g/mol. The molecule has 0 saturated carbocycles. The lowest BCUT2D eigenvalue weighted by molar-refractivity contribution is -0.393. The van der Waals surface area contributed by atoms with Gasteiger partial charge in [-0.15, -0.1) is 0 Å². The van der Waals surface area contributed by atoms with Crippen molar-refractivity contribution in [3.63, 3.8) is 0 Å². The Morgan fingerprint density at radius 2 is 1.86 bits per heavy atom. The molecule has 0 amide bonds. The second-order valence-electron chi connectivity index (χ2n) is 2.31. The molecule has 0 bridgehead atoms. The Morgan fingerprint density at radius 3 is 2.29 bits per heavy atom. The summed E-state index contributed by atoms with van der Waals surface area (Å²) in [6.45, 7) is 0. The first-order valence-corrected chi connectivity index (χ1v) is 5.37. The average Bonchev–Trinajstić information content (AvgIpc) is 2.16. The molecule has 0 radical (unpaired) electrons. The van der Waals surface area contributed by atoms with Gasteiger partial charge < -0.3 is 0 Å². The van der Waals surface area contributed by atoms with Gasteiger partial charge in [0.15, 0.2) is 0 Å². The van der Waals surface area contributed by atoms with E-state index in [1.807, 2.05) is 0 Å². The molecule has 74 valence electrons. The van der Waals surface area contributed by atoms with Crippen LogP contribution in [-0.2, 0) is 0 Å². The van der Waals surface area contributed by atoms with Gasteiger partial charge in [-0.05, 0) is 6.07 Å². The molecule has 0 spiro atoms. The molecule has 1 rings (SSSR count). The summed E-state index contributed by atoms with van der Waals surface area (Å²) in [6, 6.07) is 3.39. The van der Waals surface area contributed by atoms with Crippen molar-refractivity contribution in [3.8, 4) is 0 Å². The van der Waals surface area contributed by atoms with Crippen LogP contribution in [0.25, 0.3) is 0 Å². The molecule has 14 heavy (non-hydrogen) atoms. The Morgan fingerprint density at radius 1 is 1.21 bits per heavy atom. The SMILES string of the molecule is O=[N+]([O-])c1ccc(PCl)c([N+](=O)[O-])c1. The highest BCUT2D eigenvalue weighted by Gasteiger charge is 2.18. The lowest BCUT2D eigenvalue weighted by Crippen LogP contribution is -2.03. The minimum atomic E-state index is -0.686. The normalized spacial score (nSPS) is 10.6. The van der Waals surface area contributed by atoms with Crippen molar-refractivity contribution in [2.45, 2.75) is 0 Å². The molecule has 0 aliphatic heterocycles. The van der Waals surface area contributed by atoms with Gasteiger partial charge in [-0.2, -0.15) is 0 Å². The molecule has 0 aliphatic rings. The minimum absolute atomic E-state index is 0.280. The third-order valence-electron chi connectivity index (χ3n) is 1.49. The summed E-state index contributed by atoms with van der Waals surface area (Å²) in [4.78, 5) is 19.4. The molecule has 1 aromatic carbocycles. The van der Waals surface area contributed by atoms with E-state index in [1.54, 1.807) is 0 Å². The van der Waals surface area contributed by atoms with Crippen LogP contribution in [0.1, 0.15) is 0 Å². The second-order valence-corrected chi connectivity index (χ2v) is 3.60. The quantitative estimate of drug-likeness (QED) is 0.454. The molecule has 0 aromatic heterocycles. The number of nitro benzene ring substituents is 2. The van der Waals surface area contributed by atoms with E-state index >= 15 is 0 Å². The molecule has 0 fully saturated rings. The largest absolute Gasteiger partial charge is 0.284 e. The van der Waals surface area contributed by atoms with Crippen LogP contribution in [0, 0.1) is 20.2 Å². The van der Waals surface area contributed by atoms with E-state index in [0.29, 0.717) is 5.30 Å². The molecule has 1 atom stereocenters. The summed E-state index contributed by atoms with van der Waals surface area (Å²) >= 11 is 5.46. The van der Waals surface area contributed by atoms with Crippen molar-refractivity contribution in [3.05, 3.63) is 38.4 Å². The predicted molar refractivity (Wildman–Crippen MR) is 53.6 cm³/mol. The zero-order valence-corrected chi connectivity index (χ0v) is 8.39. The Balaban J connectivity index is 3.27. The number of hydrogen-bond donors (Lipinski definition) is 0. The summed E-state index contributed by atoms with van der Waals surface area (Å²) in [7, 11) is -0.280. The van der Waals surface area contributed by atoms with Gasteiger partial charge in [-0.3, -0.25) is 20.2 Å². The van der Waals surface area contributed by atoms with Crippen LogP contribution in [0.2, 0.25) is 0 Å². The molecule has 0 N–H and O–H groups in total. The summed E-state index contributed by atoms with van der Waals surface area (Å²) in [6.07, 6.45) is 0. The lowest BCUT2D eigenvalue weighted by Gasteiger charge is -1.97. The number of rotatable bonds is 3. The van der Waals surface area contributed by atoms with E-state index in [1.165, 1.54) is 12.1 Å². The van der Waals surface area contributed by atoms with Crippen LogP contribution in [-0.4, -0.2) is 9.85 Å². The van der Waals surface area contributed by atoms with Gasteiger partial charge in [0.1, 0.15) is 0 Å². The van der Waals surface area contributed by atoms with E-state index < -0.39 is 9.85 Å². The van der Waals surface area contributed by atoms with Crippen LogP contribution in [0.5, 0.6) is 0 Å². The van der Waals surface area contributed by atoms with Gasteiger partial charge in [0.25, 0.3) is 11.4 Å². The zero-order valence-electron chi connectivity index (χ0n) is 6.64. The number of benzene rings is 1. The first-order chi connectivity index (χ1) is 6.56. The number of nitrogens with zero attached hydrogens (tertiary/aromatic N) is 2. The Hall–Kier alpha value is -1.26. The Kier molecular flexibility index (Phi) is 3.33. The van der Waals surface area contributed by atoms with Crippen molar-refractivity contribution in [2.24, 2.45) is 0 Å². The molecular weight excluding hydrogens is 231 g/mol. The summed E-state index contributed by atoms with van der Waals surface area (Å²) < 4.78 is 0. The predicted octanol–water partition coefficient (Wildman–Crippen LogP) is 1.96. The van der Waals surface area contributed by atoms with Gasteiger partial charge in [-0.1, -0.05) is 11.2 Å². The van der Waals surface area contributed by atoms with Crippen molar-refractivity contribution >= 4 is 35.9 Å². The monoisotopic (exact) mass is 234 g/mol. The van der Waals surface area contributed by atoms with E-state index in [4.69, 9.17) is 11.2 Å². The fraction of sp³-hybridized carbons (Fsp3) is 0. The topological polar surface area (TPSA) is 86.3 Å². The van der Waals surface area contributed by atoms with Gasteiger partial charge in [0, 0.05) is 14.0 Å². The van der Waals surface area contributed by atoms with E-state index in [0.717, 1.165) is 6.07 Å². The van der Waals surface area contributed by atoms with Gasteiger partial charge in [-0.25, -0.2) is 0 Å². The van der Waals surface area contributed by atoms with E-state index in [9.17, 15) is 20.2 Å². The van der Waals surface area contributed by atoms with Crippen molar-refractivity contribution in [1.29, 1.82) is 0 Å². The first kappa shape index (κ1) is 10.8. The van der Waals surface area contributed by atoms with Crippen LogP contribution >= 0.6 is 19.2 Å². The van der Waals surface area contributed by atoms with Crippen LogP contribution in [0.15, 0.2) is 18.2 Å². The van der Waals surface area contributed by atoms with E-state index in [2.05, 4.69) is 0 Å². The molecule has 6 nitrogen and oxygen atoms in total. The van der Waals surface area contributed by atoms with E-state index in [-0.39, 0.29) is 19.3 Å². The number of nitro groups is 2. The number of non-ortho nitro benzene ring substituents is 1. The second kappa shape index (κ2) is 4.30. The molecule has 0 saturated heterocycles. The smallest absolute Gasteiger partial charge is 0.258 e. The highest BCUT2D eigenvalue weighted by molar-refractivity contribution is 7.75. The standard InChI is InChI=1S/C6H4ClN2O4P/c7-14-6-2-1-4(8(10)11)3-5(6)9(12)13/h1-3,14H. The maximum atomic E-state index is 10.5. The van der Waals surface area contributed by atoms with Crippen molar-refractivity contribution in [2.75, 3.05) is 0 Å². The highest BCUT2D eigenvalue weighted by atomic mass is 35.7. The molecular formula is C6H4ClN2O4P. The van der Waals surface area contributed by atoms with Crippen LogP contribution in [0.3, 0.4) is 0 Å². The molecule has 1 aromatic rings. The third kappa shape index (κ3) is 2.16. The highest BCUT2D eigenvalue weighted by Crippen LogP contribution is 2.26. The summed E-state index contributed by atoms with van der Waals surface area (Å²) in [5.74, 6) is 0. The summed E-state index contributed by atoms with van der Waals surface area (Å²) in [5, 5.41) is 21.1. The van der Waals surface area contributed by atoms with Gasteiger partial charge >= 0.3 is 0 Å². The molecule has 0 aliphatic carbocycles. The van der Waals surface area contributed by atoms with Crippen LogP contribution in [0.4, 0.5) is 11.4 Å². The van der Waals surface area contributed by atoms with Crippen LogP contribution < -0.4 is 5.30 Å². The minimum Gasteiger partial charge on any atom is -0.258 e.